The van der Waals surface area contributed by atoms with E-state index in [0.29, 0.717) is 40.5 Å². The first-order valence-corrected chi connectivity index (χ1v) is 9.33. The summed E-state index contributed by atoms with van der Waals surface area (Å²) in [5.74, 6) is 0.558. The number of hydrogen-bond donors (Lipinski definition) is 1. The van der Waals surface area contributed by atoms with E-state index in [1.807, 2.05) is 30.5 Å². The Morgan fingerprint density at radius 3 is 2.75 bits per heavy atom. The Hall–Kier alpha value is -3.12. The van der Waals surface area contributed by atoms with E-state index in [1.165, 1.54) is 0 Å². The van der Waals surface area contributed by atoms with Crippen LogP contribution in [0.5, 0.6) is 0 Å². The number of nitrogens with one attached hydrogen (secondary N) is 1. The number of amides is 1. The van der Waals surface area contributed by atoms with Crippen LogP contribution in [0.2, 0.25) is 5.02 Å². The van der Waals surface area contributed by atoms with Gasteiger partial charge >= 0.3 is 0 Å². The molecule has 0 unspecified atom stereocenters. The average Bonchev–Trinajstić information content (AvgIpc) is 3.35. The Morgan fingerprint density at radius 1 is 1.18 bits per heavy atom. The van der Waals surface area contributed by atoms with Crippen molar-refractivity contribution in [2.24, 2.45) is 0 Å². The molecule has 0 saturated heterocycles. The largest absolute Gasteiger partial charge is 0.440 e. The molecule has 0 bridgehead atoms. The molecule has 0 radical (unpaired) electrons. The van der Waals surface area contributed by atoms with Crippen LogP contribution in [0.15, 0.2) is 59.3 Å². The van der Waals surface area contributed by atoms with Crippen LogP contribution in [0.25, 0.3) is 11.1 Å². The van der Waals surface area contributed by atoms with Crippen molar-refractivity contribution in [2.75, 3.05) is 13.6 Å². The van der Waals surface area contributed by atoms with Crippen LogP contribution in [0.3, 0.4) is 0 Å². The van der Waals surface area contributed by atoms with Gasteiger partial charge in [0.2, 0.25) is 0 Å². The van der Waals surface area contributed by atoms with Gasteiger partial charge in [0, 0.05) is 36.8 Å². The number of aromatic nitrogens is 3. The van der Waals surface area contributed by atoms with Crippen molar-refractivity contribution in [2.45, 2.75) is 12.8 Å². The van der Waals surface area contributed by atoms with Crippen molar-refractivity contribution >= 4 is 28.6 Å². The molecule has 0 aliphatic rings. The summed E-state index contributed by atoms with van der Waals surface area (Å²) >= 11 is 5.92. The zero-order valence-corrected chi connectivity index (χ0v) is 16.1. The van der Waals surface area contributed by atoms with Crippen LogP contribution >= 0.6 is 11.6 Å². The Bertz CT molecular complexity index is 1090. The molecule has 2 aromatic heterocycles. The molecule has 2 aromatic carbocycles. The van der Waals surface area contributed by atoms with Gasteiger partial charge in [-0.25, -0.2) is 4.98 Å². The van der Waals surface area contributed by atoms with Crippen LogP contribution < -0.4 is 0 Å². The van der Waals surface area contributed by atoms with Crippen molar-refractivity contribution < 1.29 is 9.21 Å². The van der Waals surface area contributed by atoms with E-state index in [4.69, 9.17) is 16.0 Å². The molecule has 0 atom stereocenters. The normalized spacial score (nSPS) is 11.1. The molecule has 6 nitrogen and oxygen atoms in total. The topological polar surface area (TPSA) is 75.0 Å². The summed E-state index contributed by atoms with van der Waals surface area (Å²) in [6, 6.07) is 12.9. The second-order valence-corrected chi connectivity index (χ2v) is 7.11. The predicted octanol–water partition coefficient (Wildman–Crippen LogP) is 4.11. The third-order valence-corrected chi connectivity index (χ3v) is 4.84. The van der Waals surface area contributed by atoms with Crippen LogP contribution in [0.1, 0.15) is 27.4 Å². The SMILES string of the molecule is CN(CCc1cn[nH]c1)C(=O)c1ccc2oc(Cc3ccc(Cl)cc3)nc2c1. The maximum atomic E-state index is 12.7. The summed E-state index contributed by atoms with van der Waals surface area (Å²) in [7, 11) is 1.79. The first kappa shape index (κ1) is 18.3. The van der Waals surface area contributed by atoms with E-state index in [0.717, 1.165) is 17.5 Å². The molecule has 1 amide bonds. The van der Waals surface area contributed by atoms with E-state index in [2.05, 4.69) is 15.2 Å². The Balaban J connectivity index is 1.47. The van der Waals surface area contributed by atoms with E-state index in [9.17, 15) is 4.79 Å². The molecule has 0 spiro atoms. The predicted molar refractivity (Wildman–Crippen MR) is 108 cm³/mol. The lowest BCUT2D eigenvalue weighted by molar-refractivity contribution is 0.0797. The van der Waals surface area contributed by atoms with Gasteiger partial charge in [-0.1, -0.05) is 23.7 Å². The molecule has 7 heteroatoms. The molecule has 4 rings (SSSR count). The Kier molecular flexibility index (Phi) is 5.12. The molecule has 0 fully saturated rings. The highest BCUT2D eigenvalue weighted by Crippen LogP contribution is 2.21. The van der Waals surface area contributed by atoms with Crippen LogP contribution in [-0.4, -0.2) is 39.6 Å². The molecule has 1 N–H and O–H groups in total. The van der Waals surface area contributed by atoms with Gasteiger partial charge in [0.15, 0.2) is 11.5 Å². The fourth-order valence-corrected chi connectivity index (χ4v) is 3.12. The minimum atomic E-state index is -0.0485. The Labute approximate surface area is 167 Å². The van der Waals surface area contributed by atoms with Crippen molar-refractivity contribution in [1.82, 2.24) is 20.1 Å². The number of rotatable bonds is 6. The number of carbonyl (C=O) groups excluding carboxylic acids is 1. The molecule has 142 valence electrons. The van der Waals surface area contributed by atoms with Crippen molar-refractivity contribution in [3.8, 4) is 0 Å². The van der Waals surface area contributed by atoms with E-state index in [1.54, 1.807) is 36.3 Å². The number of aromatic amines is 1. The Morgan fingerprint density at radius 2 is 2.00 bits per heavy atom. The van der Waals surface area contributed by atoms with E-state index < -0.39 is 0 Å². The highest BCUT2D eigenvalue weighted by molar-refractivity contribution is 6.30. The number of nitrogens with zero attached hydrogens (tertiary/aromatic N) is 3. The second-order valence-electron chi connectivity index (χ2n) is 6.68. The van der Waals surface area contributed by atoms with Gasteiger partial charge in [0.05, 0.1) is 6.20 Å². The molecule has 0 aliphatic heterocycles. The van der Waals surface area contributed by atoms with Crippen LogP contribution in [0.4, 0.5) is 0 Å². The third kappa shape index (κ3) is 4.07. The summed E-state index contributed by atoms with van der Waals surface area (Å²) in [6.07, 6.45) is 4.92. The number of hydrogen-bond acceptors (Lipinski definition) is 4. The van der Waals surface area contributed by atoms with Gasteiger partial charge < -0.3 is 9.32 Å². The molecule has 4 aromatic rings. The highest BCUT2D eigenvalue weighted by Gasteiger charge is 2.15. The highest BCUT2D eigenvalue weighted by atomic mass is 35.5. The van der Waals surface area contributed by atoms with Gasteiger partial charge in [0.1, 0.15) is 5.52 Å². The molecule has 28 heavy (non-hydrogen) atoms. The van der Waals surface area contributed by atoms with Gasteiger partial charge in [-0.15, -0.1) is 0 Å². The number of H-pyrrole nitrogens is 1. The van der Waals surface area contributed by atoms with E-state index in [-0.39, 0.29) is 5.91 Å². The smallest absolute Gasteiger partial charge is 0.253 e. The molecular weight excluding hydrogens is 376 g/mol. The lowest BCUT2D eigenvalue weighted by Gasteiger charge is -2.16. The van der Waals surface area contributed by atoms with Gasteiger partial charge in [-0.05, 0) is 47.9 Å². The second kappa shape index (κ2) is 7.86. The summed E-state index contributed by atoms with van der Waals surface area (Å²) < 4.78 is 5.81. The fraction of sp³-hybridized carbons (Fsp3) is 0.190. The van der Waals surface area contributed by atoms with Gasteiger partial charge in [-0.3, -0.25) is 9.89 Å². The zero-order chi connectivity index (χ0) is 19.5. The van der Waals surface area contributed by atoms with Crippen molar-refractivity contribution in [1.29, 1.82) is 0 Å². The molecule has 0 saturated carbocycles. The fourth-order valence-electron chi connectivity index (χ4n) is 2.99. The number of benzene rings is 2. The number of fused-ring (bicyclic) bond motifs is 1. The zero-order valence-electron chi connectivity index (χ0n) is 15.4. The van der Waals surface area contributed by atoms with Crippen LogP contribution in [-0.2, 0) is 12.8 Å². The maximum absolute atomic E-state index is 12.7. The summed E-state index contributed by atoms with van der Waals surface area (Å²) in [4.78, 5) is 18.9. The number of likely N-dealkylation sites (N-methyl/N-ethyl adjacent to an activating group) is 1. The number of halogens is 1. The van der Waals surface area contributed by atoms with E-state index >= 15 is 0 Å². The summed E-state index contributed by atoms with van der Waals surface area (Å²) in [6.45, 7) is 0.608. The third-order valence-electron chi connectivity index (χ3n) is 4.58. The number of oxazole rings is 1. The molecular formula is C21H19ClN4O2. The first-order valence-electron chi connectivity index (χ1n) is 8.95. The quantitative estimate of drug-likeness (QED) is 0.534. The average molecular weight is 395 g/mol. The number of carbonyl (C=O) groups is 1. The minimum Gasteiger partial charge on any atom is -0.440 e. The van der Waals surface area contributed by atoms with Gasteiger partial charge in [-0.2, -0.15) is 5.10 Å². The van der Waals surface area contributed by atoms with Crippen molar-refractivity contribution in [3.63, 3.8) is 0 Å². The minimum absolute atomic E-state index is 0.0485. The lowest BCUT2D eigenvalue weighted by atomic mass is 10.1. The standard InChI is InChI=1S/C21H19ClN4O2/c1-26(9-8-15-12-23-24-13-15)21(27)16-4-7-19-18(11-16)25-20(28-19)10-14-2-5-17(22)6-3-14/h2-7,11-13H,8-10H2,1H3,(H,23,24). The monoisotopic (exact) mass is 394 g/mol. The van der Waals surface area contributed by atoms with Crippen LogP contribution in [0, 0.1) is 0 Å². The summed E-state index contributed by atoms with van der Waals surface area (Å²) in [5, 5.41) is 7.39. The molecule has 0 aliphatic carbocycles. The molecule has 2 heterocycles. The van der Waals surface area contributed by atoms with Crippen molar-refractivity contribution in [3.05, 3.63) is 82.5 Å². The first-order chi connectivity index (χ1) is 13.6. The lowest BCUT2D eigenvalue weighted by Crippen LogP contribution is -2.28. The van der Waals surface area contributed by atoms with Gasteiger partial charge in [0.25, 0.3) is 5.91 Å². The summed E-state index contributed by atoms with van der Waals surface area (Å²) in [5.41, 5.74) is 4.07. The maximum Gasteiger partial charge on any atom is 0.253 e.